The van der Waals surface area contributed by atoms with Crippen LogP contribution in [0.25, 0.3) is 0 Å². The summed E-state index contributed by atoms with van der Waals surface area (Å²) in [6.07, 6.45) is -0.602. The summed E-state index contributed by atoms with van der Waals surface area (Å²) in [5.74, 6) is -0.427. The maximum absolute atomic E-state index is 14.1. The van der Waals surface area contributed by atoms with Gasteiger partial charge in [0.25, 0.3) is 0 Å². The number of carbonyl (C=O) groups excluding carboxylic acids is 1. The fourth-order valence-electron chi connectivity index (χ4n) is 2.07. The van der Waals surface area contributed by atoms with Crippen molar-refractivity contribution >= 4 is 18.7 Å². The summed E-state index contributed by atoms with van der Waals surface area (Å²) in [6, 6.07) is 4.71. The second-order valence-electron chi connectivity index (χ2n) is 6.28. The van der Waals surface area contributed by atoms with E-state index in [1.54, 1.807) is 12.1 Å². The van der Waals surface area contributed by atoms with Crippen molar-refractivity contribution in [2.24, 2.45) is 0 Å². The van der Waals surface area contributed by atoms with Gasteiger partial charge in [-0.3, -0.25) is 0 Å². The second-order valence-corrected chi connectivity index (χ2v) is 6.28. The normalized spacial score (nSPS) is 19.1. The first kappa shape index (κ1) is 16.8. The second kappa shape index (κ2) is 5.89. The molecule has 0 atom stereocenters. The quantitative estimate of drug-likeness (QED) is 0.868. The van der Waals surface area contributed by atoms with Crippen LogP contribution in [0.4, 0.5) is 9.18 Å². The Morgan fingerprint density at radius 1 is 1.27 bits per heavy atom. The highest BCUT2D eigenvalue weighted by atomic mass is 19.1. The average Bonchev–Trinajstić information content (AvgIpc) is 2.65. The number of nitrogens with one attached hydrogen (secondary N) is 1. The van der Waals surface area contributed by atoms with E-state index in [4.69, 9.17) is 9.31 Å². The molecule has 1 heterocycles. The maximum Gasteiger partial charge on any atom is 0.494 e. The number of methoxy groups -OCH3 is 1. The van der Waals surface area contributed by atoms with Crippen molar-refractivity contribution in [2.75, 3.05) is 7.11 Å². The number of halogens is 1. The Hall–Kier alpha value is -1.60. The van der Waals surface area contributed by atoms with E-state index in [9.17, 15) is 9.18 Å². The fraction of sp³-hybridized carbons (Fsp3) is 0.533. The third-order valence-corrected chi connectivity index (χ3v) is 4.21. The first-order valence-electron chi connectivity index (χ1n) is 7.12. The lowest BCUT2D eigenvalue weighted by atomic mass is 9.78. The topological polar surface area (TPSA) is 56.8 Å². The van der Waals surface area contributed by atoms with Gasteiger partial charge in [0.1, 0.15) is 5.82 Å². The molecular formula is C15H21BFNO4. The Balaban J connectivity index is 2.12. The van der Waals surface area contributed by atoms with Gasteiger partial charge in [0, 0.05) is 12.1 Å². The van der Waals surface area contributed by atoms with Crippen LogP contribution in [0, 0.1) is 5.82 Å². The molecule has 0 radical (unpaired) electrons. The molecule has 0 saturated carbocycles. The van der Waals surface area contributed by atoms with E-state index in [2.05, 4.69) is 10.1 Å². The number of carbonyl (C=O) groups is 1. The van der Waals surface area contributed by atoms with Gasteiger partial charge in [0.15, 0.2) is 0 Å². The number of amides is 1. The summed E-state index contributed by atoms with van der Waals surface area (Å²) in [5.41, 5.74) is 0.0297. The molecule has 0 aromatic heterocycles. The minimum atomic E-state index is -0.609. The molecule has 0 spiro atoms. The minimum Gasteiger partial charge on any atom is -0.453 e. The summed E-state index contributed by atoms with van der Waals surface area (Å²) in [6.45, 7) is 7.83. The van der Waals surface area contributed by atoms with Gasteiger partial charge >= 0.3 is 13.2 Å². The molecule has 1 aromatic rings. The van der Waals surface area contributed by atoms with E-state index in [0.717, 1.165) is 0 Å². The molecule has 120 valence electrons. The standard InChI is InChI=1S/C15H21BFNO4/c1-14(2)15(3,4)22-16(21-14)11-7-6-10(12(17)8-11)9-18-13(19)20-5/h6-8H,9H2,1-5H3,(H,18,19). The monoisotopic (exact) mass is 309 g/mol. The molecule has 1 saturated heterocycles. The molecule has 1 fully saturated rings. The van der Waals surface area contributed by atoms with Crippen molar-refractivity contribution in [2.45, 2.75) is 45.4 Å². The molecule has 7 heteroatoms. The average molecular weight is 309 g/mol. The van der Waals surface area contributed by atoms with Crippen molar-refractivity contribution in [3.8, 4) is 0 Å². The Morgan fingerprint density at radius 3 is 2.36 bits per heavy atom. The summed E-state index contributed by atoms with van der Waals surface area (Å²) in [7, 11) is 0.648. The minimum absolute atomic E-state index is 0.0577. The number of benzene rings is 1. The molecule has 1 amide bonds. The van der Waals surface area contributed by atoms with Crippen LogP contribution in [0.5, 0.6) is 0 Å². The van der Waals surface area contributed by atoms with Crippen LogP contribution in [-0.4, -0.2) is 31.5 Å². The third-order valence-electron chi connectivity index (χ3n) is 4.21. The number of alkyl carbamates (subject to hydrolysis) is 1. The van der Waals surface area contributed by atoms with Gasteiger partial charge in [0.2, 0.25) is 0 Å². The van der Waals surface area contributed by atoms with Gasteiger partial charge in [-0.2, -0.15) is 0 Å². The summed E-state index contributed by atoms with van der Waals surface area (Å²) < 4.78 is 30.4. The molecule has 22 heavy (non-hydrogen) atoms. The van der Waals surface area contributed by atoms with Gasteiger partial charge in [-0.25, -0.2) is 9.18 Å². The third kappa shape index (κ3) is 3.25. The highest BCUT2D eigenvalue weighted by molar-refractivity contribution is 6.62. The van der Waals surface area contributed by atoms with Gasteiger partial charge in [-0.1, -0.05) is 12.1 Å². The molecule has 1 aliphatic rings. The largest absolute Gasteiger partial charge is 0.494 e. The van der Waals surface area contributed by atoms with E-state index in [0.29, 0.717) is 11.0 Å². The van der Waals surface area contributed by atoms with Crippen LogP contribution in [0.3, 0.4) is 0 Å². The first-order chi connectivity index (χ1) is 10.2. The Morgan fingerprint density at radius 2 is 1.86 bits per heavy atom. The lowest BCUT2D eigenvalue weighted by Crippen LogP contribution is -2.41. The number of ether oxygens (including phenoxy) is 1. The lowest BCUT2D eigenvalue weighted by Gasteiger charge is -2.32. The SMILES string of the molecule is COC(=O)NCc1ccc(B2OC(C)(C)C(C)(C)O2)cc1F. The Kier molecular flexibility index (Phi) is 4.49. The van der Waals surface area contributed by atoms with Gasteiger partial charge in [-0.15, -0.1) is 0 Å². The fourth-order valence-corrected chi connectivity index (χ4v) is 2.07. The molecule has 0 bridgehead atoms. The van der Waals surface area contributed by atoms with Crippen molar-refractivity contribution in [3.05, 3.63) is 29.6 Å². The first-order valence-corrected chi connectivity index (χ1v) is 7.12. The van der Waals surface area contributed by atoms with E-state index in [-0.39, 0.29) is 6.54 Å². The summed E-state index contributed by atoms with van der Waals surface area (Å²) >= 11 is 0. The van der Waals surface area contributed by atoms with Gasteiger partial charge in [-0.05, 0) is 39.2 Å². The molecule has 1 N–H and O–H groups in total. The molecule has 0 unspecified atom stereocenters. The number of hydrogen-bond acceptors (Lipinski definition) is 4. The van der Waals surface area contributed by atoms with Crippen LogP contribution < -0.4 is 10.8 Å². The van der Waals surface area contributed by atoms with Crippen molar-refractivity contribution in [1.82, 2.24) is 5.32 Å². The highest BCUT2D eigenvalue weighted by Crippen LogP contribution is 2.36. The number of hydrogen-bond donors (Lipinski definition) is 1. The summed E-state index contributed by atoms with van der Waals surface area (Å²) in [4.78, 5) is 11.0. The molecule has 5 nitrogen and oxygen atoms in total. The van der Waals surface area contributed by atoms with Crippen LogP contribution in [0.15, 0.2) is 18.2 Å². The zero-order valence-electron chi connectivity index (χ0n) is 13.5. The van der Waals surface area contributed by atoms with Crippen molar-refractivity contribution in [1.29, 1.82) is 0 Å². The van der Waals surface area contributed by atoms with Crippen LogP contribution >= 0.6 is 0 Å². The Bertz CT molecular complexity index is 561. The van der Waals surface area contributed by atoms with E-state index >= 15 is 0 Å². The molecule has 1 aliphatic heterocycles. The highest BCUT2D eigenvalue weighted by Gasteiger charge is 2.51. The van der Waals surface area contributed by atoms with Gasteiger partial charge < -0.3 is 19.4 Å². The molecular weight excluding hydrogens is 288 g/mol. The zero-order chi connectivity index (χ0) is 16.5. The van der Waals surface area contributed by atoms with E-state index in [1.807, 2.05) is 27.7 Å². The van der Waals surface area contributed by atoms with Crippen LogP contribution in [0.2, 0.25) is 0 Å². The van der Waals surface area contributed by atoms with Crippen LogP contribution in [-0.2, 0) is 20.6 Å². The molecule has 1 aromatic carbocycles. The predicted octanol–water partition coefficient (Wildman–Crippen LogP) is 1.98. The number of rotatable bonds is 3. The predicted molar refractivity (Wildman–Crippen MR) is 81.4 cm³/mol. The van der Waals surface area contributed by atoms with Crippen LogP contribution in [0.1, 0.15) is 33.3 Å². The molecule has 0 aliphatic carbocycles. The maximum atomic E-state index is 14.1. The lowest BCUT2D eigenvalue weighted by molar-refractivity contribution is 0.00578. The van der Waals surface area contributed by atoms with Crippen molar-refractivity contribution in [3.63, 3.8) is 0 Å². The zero-order valence-corrected chi connectivity index (χ0v) is 13.5. The van der Waals surface area contributed by atoms with Gasteiger partial charge in [0.05, 0.1) is 18.3 Å². The smallest absolute Gasteiger partial charge is 0.453 e. The van der Waals surface area contributed by atoms with Crippen molar-refractivity contribution < 1.29 is 23.2 Å². The molecule has 2 rings (SSSR count). The Labute approximate surface area is 130 Å². The summed E-state index contributed by atoms with van der Waals surface area (Å²) in [5, 5.41) is 2.44. The van der Waals surface area contributed by atoms with E-state index in [1.165, 1.54) is 13.2 Å². The van der Waals surface area contributed by atoms with E-state index < -0.39 is 30.2 Å².